The van der Waals surface area contributed by atoms with Crippen LogP contribution >= 0.6 is 0 Å². The number of ether oxygens (including phenoxy) is 2. The number of nitrogens with one attached hydrogen (secondary N) is 1. The quantitative estimate of drug-likeness (QED) is 0.484. The molecule has 1 fully saturated rings. The van der Waals surface area contributed by atoms with Crippen LogP contribution in [0.25, 0.3) is 0 Å². The molecule has 0 aliphatic carbocycles. The van der Waals surface area contributed by atoms with Crippen LogP contribution in [0.4, 0.5) is 0 Å². The maximum Gasteiger partial charge on any atom is 0.217 e. The molecule has 4 N–H and O–H groups in total. The molecule has 7 nitrogen and oxygen atoms in total. The van der Waals surface area contributed by atoms with Crippen LogP contribution in [0.5, 0.6) is 0 Å². The fourth-order valence-corrected chi connectivity index (χ4v) is 1.85. The van der Waals surface area contributed by atoms with E-state index in [0.29, 0.717) is 0 Å². The van der Waals surface area contributed by atoms with E-state index < -0.39 is 37.3 Å². The van der Waals surface area contributed by atoms with Gasteiger partial charge in [0, 0.05) is 6.92 Å². The van der Waals surface area contributed by atoms with E-state index in [1.807, 2.05) is 0 Å². The van der Waals surface area contributed by atoms with E-state index in [1.165, 1.54) is 6.92 Å². The molecule has 1 aliphatic rings. The largest absolute Gasteiger partial charge is 0.394 e. The van der Waals surface area contributed by atoms with Crippen LogP contribution in [0.3, 0.4) is 0 Å². The molecule has 1 amide bonds. The number of hydrogen-bond donors (Lipinski definition) is 4. The van der Waals surface area contributed by atoms with Crippen molar-refractivity contribution in [3.8, 4) is 0 Å². The zero-order valence-electron chi connectivity index (χ0n) is 10.7. The molecule has 1 saturated heterocycles. The van der Waals surface area contributed by atoms with Gasteiger partial charge in [-0.2, -0.15) is 0 Å². The monoisotopic (exact) mass is 263 g/mol. The van der Waals surface area contributed by atoms with Gasteiger partial charge in [0.05, 0.1) is 12.7 Å². The normalized spacial score (nSPS) is 36.7. The second-order valence-corrected chi connectivity index (χ2v) is 4.62. The first-order valence-corrected chi connectivity index (χ1v) is 5.91. The van der Waals surface area contributed by atoms with Gasteiger partial charge in [0.1, 0.15) is 24.4 Å². The Balaban J connectivity index is 2.83. The average molecular weight is 263 g/mol. The molecular weight excluding hydrogens is 242 g/mol. The highest BCUT2D eigenvalue weighted by molar-refractivity contribution is 5.73. The highest BCUT2D eigenvalue weighted by Crippen LogP contribution is 2.22. The molecule has 0 saturated carbocycles. The second kappa shape index (κ2) is 6.44. The lowest BCUT2D eigenvalue weighted by molar-refractivity contribution is -0.278. The van der Waals surface area contributed by atoms with Crippen LogP contribution in [0.15, 0.2) is 0 Å². The van der Waals surface area contributed by atoms with E-state index in [-0.39, 0.29) is 12.0 Å². The summed E-state index contributed by atoms with van der Waals surface area (Å²) in [5, 5.41) is 31.2. The zero-order valence-corrected chi connectivity index (χ0v) is 10.7. The van der Waals surface area contributed by atoms with Crippen molar-refractivity contribution in [1.29, 1.82) is 0 Å². The summed E-state index contributed by atoms with van der Waals surface area (Å²) in [5.74, 6) is -0.366. The van der Waals surface area contributed by atoms with E-state index in [1.54, 1.807) is 13.8 Å². The highest BCUT2D eigenvalue weighted by Gasteiger charge is 2.45. The fourth-order valence-electron chi connectivity index (χ4n) is 1.85. The van der Waals surface area contributed by atoms with Gasteiger partial charge in [0.25, 0.3) is 0 Å². The SMILES string of the molecule is CC(=O)NC1C(OC(C)C)OC(CO)[C@@H](O)C1O. The highest BCUT2D eigenvalue weighted by atomic mass is 16.7. The van der Waals surface area contributed by atoms with Gasteiger partial charge in [-0.1, -0.05) is 0 Å². The van der Waals surface area contributed by atoms with E-state index >= 15 is 0 Å². The van der Waals surface area contributed by atoms with Crippen LogP contribution < -0.4 is 5.32 Å². The smallest absolute Gasteiger partial charge is 0.217 e. The Morgan fingerprint density at radius 1 is 1.39 bits per heavy atom. The van der Waals surface area contributed by atoms with Crippen LogP contribution in [0.1, 0.15) is 20.8 Å². The Morgan fingerprint density at radius 3 is 2.44 bits per heavy atom. The Morgan fingerprint density at radius 2 is 2.00 bits per heavy atom. The van der Waals surface area contributed by atoms with Gasteiger partial charge in [-0.25, -0.2) is 0 Å². The van der Waals surface area contributed by atoms with Crippen molar-refractivity contribution >= 4 is 5.91 Å². The first-order chi connectivity index (χ1) is 8.36. The van der Waals surface area contributed by atoms with E-state index in [0.717, 1.165) is 0 Å². The predicted octanol–water partition coefficient (Wildman–Crippen LogP) is -1.64. The van der Waals surface area contributed by atoms with Gasteiger partial charge in [-0.15, -0.1) is 0 Å². The number of hydrogen-bond acceptors (Lipinski definition) is 6. The number of aliphatic hydroxyl groups excluding tert-OH is 3. The number of aliphatic hydroxyl groups is 3. The number of carbonyl (C=O) groups is 1. The van der Waals surface area contributed by atoms with Crippen LogP contribution in [-0.2, 0) is 14.3 Å². The minimum atomic E-state index is -1.28. The molecule has 0 bridgehead atoms. The third-order valence-electron chi connectivity index (χ3n) is 2.66. The molecule has 0 aromatic carbocycles. The molecule has 1 rings (SSSR count). The van der Waals surface area contributed by atoms with E-state index in [4.69, 9.17) is 14.6 Å². The Labute approximate surface area is 106 Å². The summed E-state index contributed by atoms with van der Waals surface area (Å²) >= 11 is 0. The fraction of sp³-hybridized carbons (Fsp3) is 0.909. The molecule has 106 valence electrons. The zero-order chi connectivity index (χ0) is 13.9. The van der Waals surface area contributed by atoms with Crippen LogP contribution in [0.2, 0.25) is 0 Å². The molecule has 0 radical (unpaired) electrons. The standard InChI is InChI=1S/C11H21NO6/c1-5(2)17-11-8(12-6(3)14)10(16)9(15)7(4-13)18-11/h5,7-11,13,15-16H,4H2,1-3H3,(H,12,14)/t7?,8?,9-,10?,11?/m1/s1. The lowest BCUT2D eigenvalue weighted by atomic mass is 9.97. The van der Waals surface area contributed by atoms with Gasteiger partial charge < -0.3 is 30.1 Å². The third-order valence-corrected chi connectivity index (χ3v) is 2.66. The van der Waals surface area contributed by atoms with Gasteiger partial charge in [-0.05, 0) is 13.8 Å². The van der Waals surface area contributed by atoms with Crippen molar-refractivity contribution in [2.45, 2.75) is 57.5 Å². The lowest BCUT2D eigenvalue weighted by Crippen LogP contribution is -2.64. The topological polar surface area (TPSA) is 108 Å². The summed E-state index contributed by atoms with van der Waals surface area (Å²) < 4.78 is 10.8. The van der Waals surface area contributed by atoms with Crippen LogP contribution in [-0.4, -0.2) is 64.6 Å². The summed E-state index contributed by atoms with van der Waals surface area (Å²) in [6.07, 6.45) is -4.58. The molecule has 7 heteroatoms. The lowest BCUT2D eigenvalue weighted by Gasteiger charge is -2.42. The third kappa shape index (κ3) is 3.63. The minimum Gasteiger partial charge on any atom is -0.394 e. The molecule has 1 aliphatic heterocycles. The van der Waals surface area contributed by atoms with Crippen molar-refractivity contribution in [1.82, 2.24) is 5.32 Å². The van der Waals surface area contributed by atoms with Crippen molar-refractivity contribution in [3.05, 3.63) is 0 Å². The first-order valence-electron chi connectivity index (χ1n) is 5.91. The Kier molecular flexibility index (Phi) is 5.48. The molecule has 0 aromatic rings. The van der Waals surface area contributed by atoms with Gasteiger partial charge >= 0.3 is 0 Å². The Hall–Kier alpha value is -0.730. The van der Waals surface area contributed by atoms with Crippen molar-refractivity contribution < 1.29 is 29.6 Å². The predicted molar refractivity (Wildman–Crippen MR) is 61.6 cm³/mol. The van der Waals surface area contributed by atoms with Gasteiger partial charge in [0.15, 0.2) is 6.29 Å². The maximum absolute atomic E-state index is 11.1. The number of rotatable bonds is 4. The average Bonchev–Trinajstić information content (AvgIpc) is 2.27. The molecule has 18 heavy (non-hydrogen) atoms. The summed E-state index contributed by atoms with van der Waals surface area (Å²) in [4.78, 5) is 11.1. The summed E-state index contributed by atoms with van der Waals surface area (Å²) in [6, 6.07) is -0.873. The molecule has 4 unspecified atom stereocenters. The summed E-state index contributed by atoms with van der Waals surface area (Å²) in [5.41, 5.74) is 0. The summed E-state index contributed by atoms with van der Waals surface area (Å²) in [6.45, 7) is 4.41. The first kappa shape index (κ1) is 15.3. The molecule has 0 aromatic heterocycles. The van der Waals surface area contributed by atoms with Gasteiger partial charge in [0.2, 0.25) is 5.91 Å². The van der Waals surface area contributed by atoms with Crippen molar-refractivity contribution in [2.24, 2.45) is 0 Å². The number of carbonyl (C=O) groups excluding carboxylic acids is 1. The van der Waals surface area contributed by atoms with Crippen molar-refractivity contribution in [3.63, 3.8) is 0 Å². The molecular formula is C11H21NO6. The van der Waals surface area contributed by atoms with E-state index in [2.05, 4.69) is 5.32 Å². The molecule has 1 heterocycles. The summed E-state index contributed by atoms with van der Waals surface area (Å²) in [7, 11) is 0. The van der Waals surface area contributed by atoms with Crippen LogP contribution in [0, 0.1) is 0 Å². The molecule has 5 atom stereocenters. The maximum atomic E-state index is 11.1. The van der Waals surface area contributed by atoms with E-state index in [9.17, 15) is 15.0 Å². The number of amides is 1. The minimum absolute atomic E-state index is 0.187. The van der Waals surface area contributed by atoms with Gasteiger partial charge in [-0.3, -0.25) is 4.79 Å². The molecule has 0 spiro atoms. The Bertz CT molecular complexity index is 285. The van der Waals surface area contributed by atoms with Crippen molar-refractivity contribution in [2.75, 3.05) is 6.61 Å². The second-order valence-electron chi connectivity index (χ2n) is 4.62.